The highest BCUT2D eigenvalue weighted by Gasteiger charge is 2.18. The SMILES string of the molecule is C[C@H]1CCCC2=C1C=CCC2. The van der Waals surface area contributed by atoms with E-state index in [2.05, 4.69) is 19.1 Å². The second kappa shape index (κ2) is 2.84. The fourth-order valence-electron chi connectivity index (χ4n) is 2.29. The van der Waals surface area contributed by atoms with Crippen molar-refractivity contribution in [1.82, 2.24) is 0 Å². The Morgan fingerprint density at radius 1 is 1.36 bits per heavy atom. The Morgan fingerprint density at radius 2 is 2.27 bits per heavy atom. The van der Waals surface area contributed by atoms with Crippen molar-refractivity contribution in [3.8, 4) is 0 Å². The van der Waals surface area contributed by atoms with Crippen LogP contribution in [0.1, 0.15) is 39.0 Å². The van der Waals surface area contributed by atoms with E-state index in [1.165, 1.54) is 32.1 Å². The first-order chi connectivity index (χ1) is 5.38. The molecule has 0 unspecified atom stereocenters. The smallest absolute Gasteiger partial charge is 0.0191 e. The molecule has 0 nitrogen and oxygen atoms in total. The van der Waals surface area contributed by atoms with Crippen LogP contribution < -0.4 is 0 Å². The van der Waals surface area contributed by atoms with Crippen LogP contribution in [0, 0.1) is 5.92 Å². The van der Waals surface area contributed by atoms with Crippen LogP contribution in [0.5, 0.6) is 0 Å². The molecule has 11 heavy (non-hydrogen) atoms. The first-order valence-electron chi connectivity index (χ1n) is 4.76. The van der Waals surface area contributed by atoms with Crippen LogP contribution in [-0.2, 0) is 0 Å². The normalized spacial score (nSPS) is 30.5. The summed E-state index contributed by atoms with van der Waals surface area (Å²) in [7, 11) is 0. The minimum Gasteiger partial charge on any atom is -0.0839 e. The van der Waals surface area contributed by atoms with Crippen molar-refractivity contribution in [2.24, 2.45) is 5.92 Å². The molecule has 0 radical (unpaired) electrons. The van der Waals surface area contributed by atoms with Gasteiger partial charge in [0, 0.05) is 0 Å². The van der Waals surface area contributed by atoms with Gasteiger partial charge in [0.25, 0.3) is 0 Å². The highest BCUT2D eigenvalue weighted by atomic mass is 14.2. The summed E-state index contributed by atoms with van der Waals surface area (Å²) >= 11 is 0. The van der Waals surface area contributed by atoms with E-state index in [4.69, 9.17) is 0 Å². The zero-order valence-corrected chi connectivity index (χ0v) is 7.27. The average Bonchev–Trinajstić information content (AvgIpc) is 2.06. The molecular weight excluding hydrogens is 132 g/mol. The number of hydrogen-bond acceptors (Lipinski definition) is 0. The standard InChI is InChI=1S/C11H16/c1-9-5-4-7-10-6-2-3-8-11(9)10/h3,8-9H,2,4-7H2,1H3/t9-/m0/s1. The van der Waals surface area contributed by atoms with Crippen LogP contribution in [0.25, 0.3) is 0 Å². The lowest BCUT2D eigenvalue weighted by Crippen LogP contribution is -2.09. The second-order valence-corrected chi connectivity index (χ2v) is 3.79. The van der Waals surface area contributed by atoms with Crippen molar-refractivity contribution >= 4 is 0 Å². The second-order valence-electron chi connectivity index (χ2n) is 3.79. The minimum absolute atomic E-state index is 0.843. The lowest BCUT2D eigenvalue weighted by Gasteiger charge is -2.26. The van der Waals surface area contributed by atoms with Gasteiger partial charge in [-0.05, 0) is 43.6 Å². The van der Waals surface area contributed by atoms with Gasteiger partial charge in [-0.15, -0.1) is 0 Å². The molecule has 0 heteroatoms. The third-order valence-electron chi connectivity index (χ3n) is 2.97. The predicted octanol–water partition coefficient (Wildman–Crippen LogP) is 3.45. The first-order valence-corrected chi connectivity index (χ1v) is 4.76. The zero-order valence-electron chi connectivity index (χ0n) is 7.27. The van der Waals surface area contributed by atoms with E-state index in [0.717, 1.165) is 5.92 Å². The van der Waals surface area contributed by atoms with Crippen LogP contribution in [-0.4, -0.2) is 0 Å². The van der Waals surface area contributed by atoms with Gasteiger partial charge in [0.2, 0.25) is 0 Å². The summed E-state index contributed by atoms with van der Waals surface area (Å²) in [4.78, 5) is 0. The molecule has 0 saturated heterocycles. The van der Waals surface area contributed by atoms with Crippen molar-refractivity contribution in [3.63, 3.8) is 0 Å². The van der Waals surface area contributed by atoms with Gasteiger partial charge in [0.15, 0.2) is 0 Å². The highest BCUT2D eigenvalue weighted by molar-refractivity contribution is 5.32. The van der Waals surface area contributed by atoms with Crippen molar-refractivity contribution in [2.45, 2.75) is 39.0 Å². The van der Waals surface area contributed by atoms with Gasteiger partial charge in [0.1, 0.15) is 0 Å². The van der Waals surface area contributed by atoms with E-state index in [9.17, 15) is 0 Å². The number of allylic oxidation sites excluding steroid dienone is 4. The van der Waals surface area contributed by atoms with Crippen molar-refractivity contribution < 1.29 is 0 Å². The molecule has 0 heterocycles. The van der Waals surface area contributed by atoms with E-state index in [1.807, 2.05) is 0 Å². The Hall–Kier alpha value is -0.520. The van der Waals surface area contributed by atoms with E-state index in [-0.39, 0.29) is 0 Å². The largest absolute Gasteiger partial charge is 0.0839 e. The summed E-state index contributed by atoms with van der Waals surface area (Å²) in [6, 6.07) is 0. The molecule has 0 bridgehead atoms. The van der Waals surface area contributed by atoms with Crippen LogP contribution in [0.2, 0.25) is 0 Å². The molecule has 0 aromatic heterocycles. The Labute approximate surface area is 69.0 Å². The maximum atomic E-state index is 2.37. The Morgan fingerprint density at radius 3 is 3.09 bits per heavy atom. The summed E-state index contributed by atoms with van der Waals surface area (Å²) in [5, 5.41) is 0. The molecule has 0 N–H and O–H groups in total. The van der Waals surface area contributed by atoms with Crippen LogP contribution >= 0.6 is 0 Å². The van der Waals surface area contributed by atoms with Crippen LogP contribution in [0.3, 0.4) is 0 Å². The van der Waals surface area contributed by atoms with Gasteiger partial charge >= 0.3 is 0 Å². The number of hydrogen-bond donors (Lipinski definition) is 0. The van der Waals surface area contributed by atoms with Gasteiger partial charge in [-0.25, -0.2) is 0 Å². The van der Waals surface area contributed by atoms with Crippen LogP contribution in [0.4, 0.5) is 0 Å². The molecule has 60 valence electrons. The molecule has 0 aromatic rings. The Balaban J connectivity index is 2.28. The lowest BCUT2D eigenvalue weighted by molar-refractivity contribution is 0.531. The summed E-state index contributed by atoms with van der Waals surface area (Å²) in [6.07, 6.45) is 11.5. The van der Waals surface area contributed by atoms with E-state index in [0.29, 0.717) is 0 Å². The molecule has 1 atom stereocenters. The maximum absolute atomic E-state index is 2.37. The van der Waals surface area contributed by atoms with Crippen molar-refractivity contribution in [3.05, 3.63) is 23.3 Å². The fourth-order valence-corrected chi connectivity index (χ4v) is 2.29. The van der Waals surface area contributed by atoms with E-state index >= 15 is 0 Å². The predicted molar refractivity (Wildman–Crippen MR) is 48.4 cm³/mol. The molecule has 0 amide bonds. The maximum Gasteiger partial charge on any atom is -0.0191 e. The van der Waals surface area contributed by atoms with Gasteiger partial charge in [-0.2, -0.15) is 0 Å². The summed E-state index contributed by atoms with van der Waals surface area (Å²) < 4.78 is 0. The quantitative estimate of drug-likeness (QED) is 0.493. The molecule has 2 rings (SSSR count). The minimum atomic E-state index is 0.843. The highest BCUT2D eigenvalue weighted by Crippen LogP contribution is 2.35. The summed E-state index contributed by atoms with van der Waals surface area (Å²) in [5.41, 5.74) is 3.42. The van der Waals surface area contributed by atoms with Gasteiger partial charge in [-0.1, -0.05) is 24.6 Å². The Kier molecular flexibility index (Phi) is 1.85. The van der Waals surface area contributed by atoms with Crippen molar-refractivity contribution in [2.75, 3.05) is 0 Å². The van der Waals surface area contributed by atoms with Crippen molar-refractivity contribution in [1.29, 1.82) is 0 Å². The number of rotatable bonds is 0. The zero-order chi connectivity index (χ0) is 7.68. The molecule has 0 saturated carbocycles. The molecule has 2 aliphatic rings. The molecule has 0 aliphatic heterocycles. The molecule has 0 fully saturated rings. The summed E-state index contributed by atoms with van der Waals surface area (Å²) in [6.45, 7) is 2.37. The molecule has 0 spiro atoms. The molecule has 0 aromatic carbocycles. The third kappa shape index (κ3) is 1.26. The fraction of sp³-hybridized carbons (Fsp3) is 0.636. The molecule has 2 aliphatic carbocycles. The van der Waals surface area contributed by atoms with Gasteiger partial charge in [0.05, 0.1) is 0 Å². The third-order valence-corrected chi connectivity index (χ3v) is 2.97. The van der Waals surface area contributed by atoms with Gasteiger partial charge in [-0.3, -0.25) is 0 Å². The van der Waals surface area contributed by atoms with Gasteiger partial charge < -0.3 is 0 Å². The van der Waals surface area contributed by atoms with Crippen LogP contribution in [0.15, 0.2) is 23.3 Å². The van der Waals surface area contributed by atoms with E-state index < -0.39 is 0 Å². The average molecular weight is 148 g/mol. The Bertz CT molecular complexity index is 208. The summed E-state index contributed by atoms with van der Waals surface area (Å²) in [5.74, 6) is 0.843. The topological polar surface area (TPSA) is 0 Å². The molecular formula is C11H16. The lowest BCUT2D eigenvalue weighted by atomic mass is 9.80. The monoisotopic (exact) mass is 148 g/mol. The van der Waals surface area contributed by atoms with E-state index in [1.54, 1.807) is 11.1 Å². The first kappa shape index (κ1) is 7.15.